The van der Waals surface area contributed by atoms with Crippen LogP contribution in [-0.2, 0) is 5.60 Å². The van der Waals surface area contributed by atoms with Gasteiger partial charge in [-0.2, -0.15) is 0 Å². The summed E-state index contributed by atoms with van der Waals surface area (Å²) >= 11 is 11.4. The second-order valence-corrected chi connectivity index (χ2v) is 3.73. The molecule has 1 nitrogen and oxygen atoms in total. The quantitative estimate of drug-likeness (QED) is 0.774. The maximum Gasteiger partial charge on any atom is 0.103 e. The summed E-state index contributed by atoms with van der Waals surface area (Å²) in [4.78, 5) is 0. The van der Waals surface area contributed by atoms with Gasteiger partial charge in [-0.05, 0) is 24.1 Å². The topological polar surface area (TPSA) is 20.2 Å². The number of alkyl halides is 1. The first-order chi connectivity index (χ1) is 6.12. The van der Waals surface area contributed by atoms with Crippen molar-refractivity contribution in [3.05, 3.63) is 34.9 Å². The molecule has 0 aliphatic heterocycles. The van der Waals surface area contributed by atoms with Gasteiger partial charge in [0.15, 0.2) is 0 Å². The first kappa shape index (κ1) is 10.8. The molecule has 3 heteroatoms. The molecular formula is C10H12Cl2O. The lowest BCUT2D eigenvalue weighted by Crippen LogP contribution is -2.26. The molecule has 0 spiro atoms. The highest BCUT2D eigenvalue weighted by Crippen LogP contribution is 2.27. The standard InChI is InChI=1S/C10H12Cl2O/c1-2-10(13,7-11)8-3-5-9(12)6-4-8/h3-6,13H,2,7H2,1H3. The van der Waals surface area contributed by atoms with Crippen molar-refractivity contribution >= 4 is 23.2 Å². The molecule has 1 aromatic carbocycles. The van der Waals surface area contributed by atoms with Crippen LogP contribution in [0.3, 0.4) is 0 Å². The highest BCUT2D eigenvalue weighted by atomic mass is 35.5. The summed E-state index contributed by atoms with van der Waals surface area (Å²) in [6.07, 6.45) is 0.595. The van der Waals surface area contributed by atoms with Gasteiger partial charge in [0.2, 0.25) is 0 Å². The van der Waals surface area contributed by atoms with Crippen LogP contribution in [0.25, 0.3) is 0 Å². The van der Waals surface area contributed by atoms with Crippen LogP contribution in [0.2, 0.25) is 5.02 Å². The van der Waals surface area contributed by atoms with E-state index in [0.29, 0.717) is 11.4 Å². The normalized spacial score (nSPS) is 15.4. The van der Waals surface area contributed by atoms with Crippen LogP contribution < -0.4 is 0 Å². The Morgan fingerprint density at radius 2 is 1.85 bits per heavy atom. The van der Waals surface area contributed by atoms with Crippen molar-refractivity contribution in [2.75, 3.05) is 5.88 Å². The Hall–Kier alpha value is -0.240. The molecule has 72 valence electrons. The van der Waals surface area contributed by atoms with Crippen molar-refractivity contribution in [1.29, 1.82) is 0 Å². The van der Waals surface area contributed by atoms with Gasteiger partial charge in [-0.3, -0.25) is 0 Å². The Morgan fingerprint density at radius 1 is 1.31 bits per heavy atom. The van der Waals surface area contributed by atoms with Crippen LogP contribution in [0.4, 0.5) is 0 Å². The van der Waals surface area contributed by atoms with Crippen molar-refractivity contribution in [2.45, 2.75) is 18.9 Å². The Balaban J connectivity index is 2.99. The molecule has 1 aromatic rings. The summed E-state index contributed by atoms with van der Waals surface area (Å²) in [5.74, 6) is 0.200. The third-order valence-electron chi connectivity index (χ3n) is 2.19. The van der Waals surface area contributed by atoms with Crippen molar-refractivity contribution in [3.8, 4) is 0 Å². The minimum atomic E-state index is -0.924. The van der Waals surface area contributed by atoms with Gasteiger partial charge in [0.25, 0.3) is 0 Å². The highest BCUT2D eigenvalue weighted by molar-refractivity contribution is 6.30. The van der Waals surface area contributed by atoms with Crippen molar-refractivity contribution < 1.29 is 5.11 Å². The monoisotopic (exact) mass is 218 g/mol. The number of hydrogen-bond donors (Lipinski definition) is 1. The van der Waals surface area contributed by atoms with E-state index in [1.807, 2.05) is 6.92 Å². The number of halogens is 2. The third-order valence-corrected chi connectivity index (χ3v) is 2.88. The number of benzene rings is 1. The summed E-state index contributed by atoms with van der Waals surface area (Å²) < 4.78 is 0. The van der Waals surface area contributed by atoms with Crippen molar-refractivity contribution in [2.24, 2.45) is 0 Å². The van der Waals surface area contributed by atoms with E-state index in [0.717, 1.165) is 5.56 Å². The lowest BCUT2D eigenvalue weighted by molar-refractivity contribution is 0.0569. The van der Waals surface area contributed by atoms with Gasteiger partial charge in [0, 0.05) is 5.02 Å². The molecule has 13 heavy (non-hydrogen) atoms. The largest absolute Gasteiger partial charge is 0.384 e. The molecule has 1 N–H and O–H groups in total. The van der Waals surface area contributed by atoms with Gasteiger partial charge >= 0.3 is 0 Å². The molecule has 0 radical (unpaired) electrons. The first-order valence-corrected chi connectivity index (χ1v) is 5.08. The minimum Gasteiger partial charge on any atom is -0.384 e. The fourth-order valence-electron chi connectivity index (χ4n) is 1.14. The molecule has 1 rings (SSSR count). The van der Waals surface area contributed by atoms with E-state index in [1.54, 1.807) is 24.3 Å². The van der Waals surface area contributed by atoms with E-state index in [1.165, 1.54) is 0 Å². The van der Waals surface area contributed by atoms with E-state index in [9.17, 15) is 5.11 Å². The number of hydrogen-bond acceptors (Lipinski definition) is 1. The van der Waals surface area contributed by atoms with Crippen molar-refractivity contribution in [3.63, 3.8) is 0 Å². The second-order valence-electron chi connectivity index (χ2n) is 3.03. The lowest BCUT2D eigenvalue weighted by Gasteiger charge is -2.24. The van der Waals surface area contributed by atoms with E-state index in [2.05, 4.69) is 0 Å². The summed E-state index contributed by atoms with van der Waals surface area (Å²) in [7, 11) is 0. The SMILES string of the molecule is CCC(O)(CCl)c1ccc(Cl)cc1. The molecular weight excluding hydrogens is 207 g/mol. The minimum absolute atomic E-state index is 0.200. The number of aliphatic hydroxyl groups is 1. The first-order valence-electron chi connectivity index (χ1n) is 4.17. The molecule has 1 atom stereocenters. The lowest BCUT2D eigenvalue weighted by atomic mass is 9.93. The predicted molar refractivity (Wildman–Crippen MR) is 56.4 cm³/mol. The summed E-state index contributed by atoms with van der Waals surface area (Å²) in [6, 6.07) is 7.11. The molecule has 0 aliphatic rings. The van der Waals surface area contributed by atoms with E-state index < -0.39 is 5.60 Å². The zero-order chi connectivity index (χ0) is 9.90. The molecule has 0 aliphatic carbocycles. The summed E-state index contributed by atoms with van der Waals surface area (Å²) in [5.41, 5.74) is -0.110. The van der Waals surface area contributed by atoms with Crippen LogP contribution in [0.15, 0.2) is 24.3 Å². The van der Waals surface area contributed by atoms with Gasteiger partial charge in [0.1, 0.15) is 5.60 Å². The van der Waals surface area contributed by atoms with Crippen LogP contribution in [0.5, 0.6) is 0 Å². The third kappa shape index (κ3) is 2.37. The van der Waals surface area contributed by atoms with E-state index in [4.69, 9.17) is 23.2 Å². The zero-order valence-corrected chi connectivity index (χ0v) is 8.94. The maximum atomic E-state index is 10.0. The maximum absolute atomic E-state index is 10.0. The molecule has 0 saturated carbocycles. The average molecular weight is 219 g/mol. The fraction of sp³-hybridized carbons (Fsp3) is 0.400. The van der Waals surface area contributed by atoms with Gasteiger partial charge in [-0.15, -0.1) is 11.6 Å². The average Bonchev–Trinajstić information content (AvgIpc) is 2.18. The van der Waals surface area contributed by atoms with E-state index >= 15 is 0 Å². The molecule has 0 bridgehead atoms. The van der Waals surface area contributed by atoms with Crippen LogP contribution in [0, 0.1) is 0 Å². The highest BCUT2D eigenvalue weighted by Gasteiger charge is 2.25. The van der Waals surface area contributed by atoms with Gasteiger partial charge in [-0.25, -0.2) is 0 Å². The second kappa shape index (κ2) is 4.32. The van der Waals surface area contributed by atoms with Crippen LogP contribution in [-0.4, -0.2) is 11.0 Å². The van der Waals surface area contributed by atoms with Crippen molar-refractivity contribution in [1.82, 2.24) is 0 Å². The molecule has 0 amide bonds. The molecule has 1 unspecified atom stereocenters. The predicted octanol–water partition coefficient (Wildman–Crippen LogP) is 3.18. The van der Waals surface area contributed by atoms with Gasteiger partial charge < -0.3 is 5.11 Å². The summed E-state index contributed by atoms with van der Waals surface area (Å²) in [5, 5.41) is 10.7. The fourth-order valence-corrected chi connectivity index (χ4v) is 1.61. The Bertz CT molecular complexity index is 265. The Labute approximate surface area is 88.3 Å². The molecule has 0 aromatic heterocycles. The summed E-state index contributed by atoms with van der Waals surface area (Å²) in [6.45, 7) is 1.90. The Kier molecular flexibility index (Phi) is 3.60. The van der Waals surface area contributed by atoms with Crippen LogP contribution >= 0.6 is 23.2 Å². The molecule has 0 heterocycles. The zero-order valence-electron chi connectivity index (χ0n) is 7.43. The number of rotatable bonds is 3. The smallest absolute Gasteiger partial charge is 0.103 e. The van der Waals surface area contributed by atoms with Gasteiger partial charge in [0.05, 0.1) is 5.88 Å². The van der Waals surface area contributed by atoms with E-state index in [-0.39, 0.29) is 5.88 Å². The van der Waals surface area contributed by atoms with Crippen LogP contribution in [0.1, 0.15) is 18.9 Å². The molecule has 0 saturated heterocycles. The van der Waals surface area contributed by atoms with Gasteiger partial charge in [-0.1, -0.05) is 30.7 Å². The molecule has 0 fully saturated rings. The Morgan fingerprint density at radius 3 is 2.23 bits per heavy atom.